The number of hydrogen-bond acceptors (Lipinski definition) is 1. The molecule has 0 bridgehead atoms. The molecular formula is C12H13F2NO. The van der Waals surface area contributed by atoms with Crippen LogP contribution < -0.4 is 5.32 Å². The van der Waals surface area contributed by atoms with Gasteiger partial charge in [-0.2, -0.15) is 0 Å². The van der Waals surface area contributed by atoms with E-state index in [1.165, 1.54) is 12.1 Å². The minimum absolute atomic E-state index is 0.0548. The molecule has 0 atom stereocenters. The molecule has 86 valence electrons. The van der Waals surface area contributed by atoms with Gasteiger partial charge in [0.2, 0.25) is 5.91 Å². The third-order valence-corrected chi connectivity index (χ3v) is 1.97. The number of rotatable bonds is 4. The molecule has 4 heteroatoms. The molecule has 0 unspecified atom stereocenters. The molecule has 0 saturated heterocycles. The van der Waals surface area contributed by atoms with E-state index in [4.69, 9.17) is 0 Å². The van der Waals surface area contributed by atoms with Crippen LogP contribution in [0, 0.1) is 11.6 Å². The first-order valence-corrected chi connectivity index (χ1v) is 4.84. The largest absolute Gasteiger partial charge is 0.352 e. The topological polar surface area (TPSA) is 29.1 Å². The second kappa shape index (κ2) is 5.39. The maximum atomic E-state index is 13.2. The van der Waals surface area contributed by atoms with Crippen molar-refractivity contribution >= 4 is 5.91 Å². The third-order valence-electron chi connectivity index (χ3n) is 1.97. The maximum absolute atomic E-state index is 13.2. The Morgan fingerprint density at radius 1 is 1.44 bits per heavy atom. The standard InChI is InChI=1S/C12H13F2NO/c1-8(2)7-15-11(16)6-9-4-3-5-10(13)12(9)14/h3-5H,1,6-7H2,2H3,(H,15,16). The van der Waals surface area contributed by atoms with Crippen molar-refractivity contribution in [2.45, 2.75) is 13.3 Å². The van der Waals surface area contributed by atoms with Gasteiger partial charge in [0.05, 0.1) is 6.42 Å². The molecule has 0 spiro atoms. The smallest absolute Gasteiger partial charge is 0.224 e. The summed E-state index contributed by atoms with van der Waals surface area (Å²) in [6, 6.07) is 3.78. The first-order valence-electron chi connectivity index (χ1n) is 4.84. The van der Waals surface area contributed by atoms with Crippen LogP contribution in [-0.4, -0.2) is 12.5 Å². The average molecular weight is 225 g/mol. The first-order chi connectivity index (χ1) is 7.50. The summed E-state index contributed by atoms with van der Waals surface area (Å²) in [6.45, 7) is 5.73. The molecule has 1 aromatic carbocycles. The fourth-order valence-electron chi connectivity index (χ4n) is 1.17. The molecule has 1 aromatic rings. The summed E-state index contributed by atoms with van der Waals surface area (Å²) in [5, 5.41) is 2.55. The van der Waals surface area contributed by atoms with E-state index in [2.05, 4.69) is 11.9 Å². The lowest BCUT2D eigenvalue weighted by Gasteiger charge is -2.05. The molecule has 0 radical (unpaired) electrons. The predicted octanol–water partition coefficient (Wildman–Crippen LogP) is 2.20. The van der Waals surface area contributed by atoms with Gasteiger partial charge in [0, 0.05) is 12.1 Å². The zero-order chi connectivity index (χ0) is 12.1. The summed E-state index contributed by atoms with van der Waals surface area (Å²) in [7, 11) is 0. The van der Waals surface area contributed by atoms with Crippen LogP contribution >= 0.6 is 0 Å². The van der Waals surface area contributed by atoms with Crippen LogP contribution in [0.2, 0.25) is 0 Å². The molecule has 0 aliphatic heterocycles. The van der Waals surface area contributed by atoms with Crippen molar-refractivity contribution in [2.75, 3.05) is 6.54 Å². The van der Waals surface area contributed by atoms with Gasteiger partial charge < -0.3 is 5.32 Å². The Bertz CT molecular complexity index is 415. The Hall–Kier alpha value is -1.71. The van der Waals surface area contributed by atoms with Gasteiger partial charge in [0.15, 0.2) is 11.6 Å². The molecule has 16 heavy (non-hydrogen) atoms. The normalized spacial score (nSPS) is 9.94. The van der Waals surface area contributed by atoms with Gasteiger partial charge in [-0.15, -0.1) is 0 Å². The molecule has 0 aliphatic carbocycles. The van der Waals surface area contributed by atoms with Crippen LogP contribution in [0.5, 0.6) is 0 Å². The summed E-state index contributed by atoms with van der Waals surface area (Å²) >= 11 is 0. The van der Waals surface area contributed by atoms with E-state index >= 15 is 0 Å². The number of benzene rings is 1. The summed E-state index contributed by atoms with van der Waals surface area (Å²) in [5.74, 6) is -2.26. The molecule has 0 saturated carbocycles. The van der Waals surface area contributed by atoms with E-state index in [1.807, 2.05) is 0 Å². The molecule has 0 fully saturated rings. The SMILES string of the molecule is C=C(C)CNC(=O)Cc1cccc(F)c1F. The second-order valence-corrected chi connectivity index (χ2v) is 3.62. The number of hydrogen-bond donors (Lipinski definition) is 1. The number of carbonyl (C=O) groups is 1. The predicted molar refractivity (Wildman–Crippen MR) is 57.9 cm³/mol. The van der Waals surface area contributed by atoms with Gasteiger partial charge >= 0.3 is 0 Å². The van der Waals surface area contributed by atoms with Crippen LogP contribution in [0.4, 0.5) is 8.78 Å². The number of amides is 1. The van der Waals surface area contributed by atoms with Crippen molar-refractivity contribution in [3.05, 3.63) is 47.5 Å². The van der Waals surface area contributed by atoms with Crippen molar-refractivity contribution in [3.63, 3.8) is 0 Å². The monoisotopic (exact) mass is 225 g/mol. The average Bonchev–Trinajstić information content (AvgIpc) is 2.22. The van der Waals surface area contributed by atoms with Crippen molar-refractivity contribution in [1.29, 1.82) is 0 Å². The van der Waals surface area contributed by atoms with Crippen LogP contribution in [0.25, 0.3) is 0 Å². The van der Waals surface area contributed by atoms with Gasteiger partial charge in [0.25, 0.3) is 0 Å². The summed E-state index contributed by atoms with van der Waals surface area (Å²) in [4.78, 5) is 11.3. The second-order valence-electron chi connectivity index (χ2n) is 3.62. The minimum Gasteiger partial charge on any atom is -0.352 e. The van der Waals surface area contributed by atoms with E-state index < -0.39 is 11.6 Å². The Morgan fingerprint density at radius 3 is 2.75 bits per heavy atom. The quantitative estimate of drug-likeness (QED) is 0.782. The van der Waals surface area contributed by atoms with Crippen molar-refractivity contribution in [1.82, 2.24) is 5.32 Å². The molecule has 2 nitrogen and oxygen atoms in total. The van der Waals surface area contributed by atoms with Crippen LogP contribution in [-0.2, 0) is 11.2 Å². The zero-order valence-electron chi connectivity index (χ0n) is 9.02. The van der Waals surface area contributed by atoms with E-state index in [-0.39, 0.29) is 17.9 Å². The van der Waals surface area contributed by atoms with Crippen LogP contribution in [0.15, 0.2) is 30.4 Å². The van der Waals surface area contributed by atoms with Crippen LogP contribution in [0.3, 0.4) is 0 Å². The molecule has 1 N–H and O–H groups in total. The lowest BCUT2D eigenvalue weighted by atomic mass is 10.1. The van der Waals surface area contributed by atoms with Crippen LogP contribution in [0.1, 0.15) is 12.5 Å². The molecule has 1 rings (SSSR count). The Balaban J connectivity index is 2.63. The Kier molecular flexibility index (Phi) is 4.17. The lowest BCUT2D eigenvalue weighted by Crippen LogP contribution is -2.26. The van der Waals surface area contributed by atoms with Crippen molar-refractivity contribution in [2.24, 2.45) is 0 Å². The summed E-state index contributed by atoms with van der Waals surface area (Å²) in [5.41, 5.74) is 0.854. The highest BCUT2D eigenvalue weighted by molar-refractivity contribution is 5.78. The molecule has 0 aliphatic rings. The molecular weight excluding hydrogens is 212 g/mol. The fraction of sp³-hybridized carbons (Fsp3) is 0.250. The Labute approximate surface area is 93.0 Å². The number of halogens is 2. The molecule has 0 heterocycles. The molecule has 0 aromatic heterocycles. The Morgan fingerprint density at radius 2 is 2.12 bits per heavy atom. The van der Waals surface area contributed by atoms with E-state index in [0.717, 1.165) is 11.6 Å². The highest BCUT2D eigenvalue weighted by atomic mass is 19.2. The lowest BCUT2D eigenvalue weighted by molar-refractivity contribution is -0.120. The highest BCUT2D eigenvalue weighted by Gasteiger charge is 2.10. The van der Waals surface area contributed by atoms with Gasteiger partial charge in [-0.1, -0.05) is 24.3 Å². The maximum Gasteiger partial charge on any atom is 0.224 e. The van der Waals surface area contributed by atoms with Gasteiger partial charge in [-0.3, -0.25) is 4.79 Å². The number of nitrogens with one attached hydrogen (secondary N) is 1. The van der Waals surface area contributed by atoms with E-state index in [1.54, 1.807) is 6.92 Å². The van der Waals surface area contributed by atoms with Gasteiger partial charge in [0.1, 0.15) is 0 Å². The third kappa shape index (κ3) is 3.46. The summed E-state index contributed by atoms with van der Waals surface area (Å²) in [6.07, 6.45) is -0.170. The van der Waals surface area contributed by atoms with Crippen molar-refractivity contribution < 1.29 is 13.6 Å². The molecule has 1 amide bonds. The zero-order valence-corrected chi connectivity index (χ0v) is 9.02. The van der Waals surface area contributed by atoms with E-state index in [0.29, 0.717) is 6.54 Å². The number of carbonyl (C=O) groups excluding carboxylic acids is 1. The minimum atomic E-state index is -0.965. The first kappa shape index (κ1) is 12.4. The van der Waals surface area contributed by atoms with Gasteiger partial charge in [-0.05, 0) is 13.0 Å². The van der Waals surface area contributed by atoms with Crippen molar-refractivity contribution in [3.8, 4) is 0 Å². The van der Waals surface area contributed by atoms with E-state index in [9.17, 15) is 13.6 Å². The van der Waals surface area contributed by atoms with Gasteiger partial charge in [-0.25, -0.2) is 8.78 Å². The fourth-order valence-corrected chi connectivity index (χ4v) is 1.17. The highest BCUT2D eigenvalue weighted by Crippen LogP contribution is 2.11. The summed E-state index contributed by atoms with van der Waals surface area (Å²) < 4.78 is 26.0.